The minimum absolute atomic E-state index is 0.0861. The van der Waals surface area contributed by atoms with E-state index in [1.165, 1.54) is 0 Å². The van der Waals surface area contributed by atoms with Crippen molar-refractivity contribution in [3.63, 3.8) is 0 Å². The third-order valence-corrected chi connectivity index (χ3v) is 1.80. The summed E-state index contributed by atoms with van der Waals surface area (Å²) in [6.07, 6.45) is -3.95. The number of benzene rings is 1. The van der Waals surface area contributed by atoms with Gasteiger partial charge >= 0.3 is 16.5 Å². The predicted octanol–water partition coefficient (Wildman–Crippen LogP) is 1.92. The molecule has 0 atom stereocenters. The maximum atomic E-state index is 11.8. The van der Waals surface area contributed by atoms with Crippen LogP contribution >= 0.6 is 0 Å². The van der Waals surface area contributed by atoms with Gasteiger partial charge in [-0.3, -0.25) is 0 Å². The Morgan fingerprint density at radius 2 is 1.50 bits per heavy atom. The Morgan fingerprint density at radius 1 is 1.06 bits per heavy atom. The molecule has 8 heteroatoms. The largest absolute Gasteiger partial charge is 0.573 e. The van der Waals surface area contributed by atoms with E-state index in [4.69, 9.17) is 0 Å². The standard InChI is InChI=1S/C8H7F3O4S/c1-16(12,13)15-7-4-2-6(3-5-7)14-8(9,10)11/h2-5H,1H3. The average molecular weight is 256 g/mol. The minimum Gasteiger partial charge on any atom is -0.406 e. The summed E-state index contributed by atoms with van der Waals surface area (Å²) in [4.78, 5) is 0. The van der Waals surface area contributed by atoms with Gasteiger partial charge in [0.15, 0.2) is 0 Å². The van der Waals surface area contributed by atoms with Crippen molar-refractivity contribution in [3.05, 3.63) is 24.3 Å². The number of hydrogen-bond acceptors (Lipinski definition) is 4. The molecule has 0 heterocycles. The minimum atomic E-state index is -4.78. The number of alkyl halides is 3. The monoisotopic (exact) mass is 256 g/mol. The molecule has 16 heavy (non-hydrogen) atoms. The van der Waals surface area contributed by atoms with Gasteiger partial charge < -0.3 is 8.92 Å². The molecule has 1 rings (SSSR count). The van der Waals surface area contributed by atoms with Gasteiger partial charge in [-0.2, -0.15) is 8.42 Å². The zero-order valence-electron chi connectivity index (χ0n) is 7.98. The van der Waals surface area contributed by atoms with Gasteiger partial charge in [-0.15, -0.1) is 13.2 Å². The van der Waals surface area contributed by atoms with E-state index in [0.717, 1.165) is 30.5 Å². The third-order valence-electron chi connectivity index (χ3n) is 1.30. The molecule has 0 unspecified atom stereocenters. The van der Waals surface area contributed by atoms with Gasteiger partial charge in [-0.1, -0.05) is 0 Å². The van der Waals surface area contributed by atoms with Gasteiger partial charge in [0.2, 0.25) is 0 Å². The smallest absolute Gasteiger partial charge is 0.406 e. The van der Waals surface area contributed by atoms with Crippen LogP contribution in [0.25, 0.3) is 0 Å². The molecule has 0 saturated carbocycles. The van der Waals surface area contributed by atoms with Gasteiger partial charge in [0, 0.05) is 0 Å². The van der Waals surface area contributed by atoms with Crippen LogP contribution in [0.1, 0.15) is 0 Å². The highest BCUT2D eigenvalue weighted by atomic mass is 32.2. The Labute approximate surface area is 89.7 Å². The van der Waals surface area contributed by atoms with E-state index in [9.17, 15) is 21.6 Å². The zero-order valence-corrected chi connectivity index (χ0v) is 8.80. The van der Waals surface area contributed by atoms with Crippen molar-refractivity contribution in [2.45, 2.75) is 6.36 Å². The van der Waals surface area contributed by atoms with E-state index in [2.05, 4.69) is 8.92 Å². The molecule has 0 aliphatic heterocycles. The Balaban J connectivity index is 2.76. The normalized spacial score (nSPS) is 12.2. The summed E-state index contributed by atoms with van der Waals surface area (Å²) in [6.45, 7) is 0. The van der Waals surface area contributed by atoms with E-state index >= 15 is 0 Å². The van der Waals surface area contributed by atoms with Crippen LogP contribution in [-0.2, 0) is 10.1 Å². The molecule has 0 bridgehead atoms. The maximum absolute atomic E-state index is 11.8. The predicted molar refractivity (Wildman–Crippen MR) is 48.6 cm³/mol. The Hall–Kier alpha value is -1.44. The van der Waals surface area contributed by atoms with Gasteiger partial charge in [0.05, 0.1) is 6.26 Å². The van der Waals surface area contributed by atoms with E-state index < -0.39 is 22.2 Å². The van der Waals surface area contributed by atoms with Crippen LogP contribution in [-0.4, -0.2) is 21.0 Å². The molecule has 0 amide bonds. The molecule has 0 fully saturated rings. The second-order valence-corrected chi connectivity index (χ2v) is 4.38. The topological polar surface area (TPSA) is 52.6 Å². The summed E-state index contributed by atoms with van der Waals surface area (Å²) < 4.78 is 64.7. The number of hydrogen-bond donors (Lipinski definition) is 0. The lowest BCUT2D eigenvalue weighted by Crippen LogP contribution is -2.17. The fraction of sp³-hybridized carbons (Fsp3) is 0.250. The molecular weight excluding hydrogens is 249 g/mol. The molecule has 1 aromatic rings. The van der Waals surface area contributed by atoms with Crippen LogP contribution in [0.15, 0.2) is 24.3 Å². The first kappa shape index (κ1) is 12.6. The second-order valence-electron chi connectivity index (χ2n) is 2.81. The quantitative estimate of drug-likeness (QED) is 0.775. The summed E-state index contributed by atoms with van der Waals surface area (Å²) in [7, 11) is -3.69. The van der Waals surface area contributed by atoms with Crippen molar-refractivity contribution in [1.82, 2.24) is 0 Å². The molecule has 0 aliphatic rings. The zero-order chi connectivity index (χ0) is 12.4. The van der Waals surface area contributed by atoms with E-state index in [0.29, 0.717) is 0 Å². The molecule has 0 N–H and O–H groups in total. The summed E-state index contributed by atoms with van der Waals surface area (Å²) in [5.74, 6) is -0.537. The second kappa shape index (κ2) is 4.20. The molecule has 1 aromatic carbocycles. The van der Waals surface area contributed by atoms with E-state index in [1.807, 2.05) is 0 Å². The summed E-state index contributed by atoms with van der Waals surface area (Å²) in [5.41, 5.74) is 0. The number of halogens is 3. The molecular formula is C8H7F3O4S. The van der Waals surface area contributed by atoms with Gasteiger partial charge in [0.25, 0.3) is 0 Å². The highest BCUT2D eigenvalue weighted by molar-refractivity contribution is 7.86. The van der Waals surface area contributed by atoms with Crippen LogP contribution in [0.4, 0.5) is 13.2 Å². The van der Waals surface area contributed by atoms with Crippen LogP contribution in [0.3, 0.4) is 0 Å². The third kappa shape index (κ3) is 4.87. The van der Waals surface area contributed by atoms with E-state index in [1.54, 1.807) is 0 Å². The molecule has 0 saturated heterocycles. The summed E-state index contributed by atoms with van der Waals surface area (Å²) in [5, 5.41) is 0. The molecule has 0 aromatic heterocycles. The molecule has 0 radical (unpaired) electrons. The molecule has 4 nitrogen and oxygen atoms in total. The summed E-state index contributed by atoms with van der Waals surface area (Å²) >= 11 is 0. The van der Waals surface area contributed by atoms with Crippen LogP contribution in [0.5, 0.6) is 11.5 Å². The molecule has 0 aliphatic carbocycles. The molecule has 90 valence electrons. The maximum Gasteiger partial charge on any atom is 0.573 e. The fourth-order valence-electron chi connectivity index (χ4n) is 0.872. The van der Waals surface area contributed by atoms with Gasteiger partial charge in [-0.25, -0.2) is 0 Å². The SMILES string of the molecule is CS(=O)(=O)Oc1ccc(OC(F)(F)F)cc1. The van der Waals surface area contributed by atoms with Crippen molar-refractivity contribution in [1.29, 1.82) is 0 Å². The Kier molecular flexibility index (Phi) is 3.32. The van der Waals surface area contributed by atoms with Crippen LogP contribution < -0.4 is 8.92 Å². The first-order valence-electron chi connectivity index (χ1n) is 3.91. The van der Waals surface area contributed by atoms with Crippen LogP contribution in [0.2, 0.25) is 0 Å². The van der Waals surface area contributed by atoms with Crippen molar-refractivity contribution in [2.75, 3.05) is 6.26 Å². The first-order chi connectivity index (χ1) is 7.16. The van der Waals surface area contributed by atoms with Gasteiger partial charge in [-0.05, 0) is 24.3 Å². The van der Waals surface area contributed by atoms with Crippen molar-refractivity contribution < 1.29 is 30.5 Å². The lowest BCUT2D eigenvalue weighted by Gasteiger charge is -2.09. The summed E-state index contributed by atoms with van der Waals surface area (Å²) in [6, 6.07) is 4.02. The highest BCUT2D eigenvalue weighted by Crippen LogP contribution is 2.24. The van der Waals surface area contributed by atoms with Crippen molar-refractivity contribution in [3.8, 4) is 11.5 Å². The van der Waals surface area contributed by atoms with E-state index in [-0.39, 0.29) is 5.75 Å². The fourth-order valence-corrected chi connectivity index (χ4v) is 1.33. The van der Waals surface area contributed by atoms with Crippen LogP contribution in [0, 0.1) is 0 Å². The number of rotatable bonds is 3. The lowest BCUT2D eigenvalue weighted by molar-refractivity contribution is -0.274. The van der Waals surface area contributed by atoms with Crippen molar-refractivity contribution in [2.24, 2.45) is 0 Å². The highest BCUT2D eigenvalue weighted by Gasteiger charge is 2.30. The Bertz CT molecular complexity index is 449. The van der Waals surface area contributed by atoms with Gasteiger partial charge in [0.1, 0.15) is 11.5 Å². The molecule has 0 spiro atoms. The first-order valence-corrected chi connectivity index (χ1v) is 5.73. The Morgan fingerprint density at radius 3 is 1.88 bits per heavy atom. The lowest BCUT2D eigenvalue weighted by atomic mass is 10.3. The van der Waals surface area contributed by atoms with Crippen molar-refractivity contribution >= 4 is 10.1 Å². The average Bonchev–Trinajstić information content (AvgIpc) is 2.03. The number of ether oxygens (including phenoxy) is 1.